The number of rotatable bonds is 6. The van der Waals surface area contributed by atoms with Crippen molar-refractivity contribution in [2.45, 2.75) is 30.9 Å². The fourth-order valence-corrected chi connectivity index (χ4v) is 4.09. The number of hydrogen-bond donors (Lipinski definition) is 0. The van der Waals surface area contributed by atoms with E-state index in [2.05, 4.69) is 15.1 Å². The molecule has 164 valence electrons. The van der Waals surface area contributed by atoms with Crippen LogP contribution in [0, 0.1) is 0 Å². The second kappa shape index (κ2) is 8.19. The standard InChI is InChI=1S/C22H20N4O5S/c1-12(2)30-14-6-4-13(5-7-14)20-24-19(31-25-20)10-32-22-23-16-9-18-17(28-11-29-18)8-15(16)21(27)26(22)3/h4-9,12H,10-11H2,1-3H3. The highest BCUT2D eigenvalue weighted by atomic mass is 32.2. The van der Waals surface area contributed by atoms with E-state index in [9.17, 15) is 4.79 Å². The van der Waals surface area contributed by atoms with Crippen LogP contribution in [0.4, 0.5) is 0 Å². The minimum absolute atomic E-state index is 0.108. The fourth-order valence-electron chi connectivity index (χ4n) is 3.28. The van der Waals surface area contributed by atoms with Crippen LogP contribution in [0.1, 0.15) is 19.7 Å². The summed E-state index contributed by atoms with van der Waals surface area (Å²) >= 11 is 1.34. The second-order valence-electron chi connectivity index (χ2n) is 7.47. The van der Waals surface area contributed by atoms with E-state index in [1.807, 2.05) is 38.1 Å². The maximum absolute atomic E-state index is 12.8. The number of aromatic nitrogens is 4. The van der Waals surface area contributed by atoms with Crippen LogP contribution in [0.2, 0.25) is 0 Å². The molecule has 2 aromatic heterocycles. The van der Waals surface area contributed by atoms with Crippen molar-refractivity contribution in [2.75, 3.05) is 6.79 Å². The molecular weight excluding hydrogens is 432 g/mol. The molecule has 32 heavy (non-hydrogen) atoms. The Labute approximate surface area is 187 Å². The molecule has 9 nitrogen and oxygen atoms in total. The van der Waals surface area contributed by atoms with Crippen LogP contribution in [0.3, 0.4) is 0 Å². The van der Waals surface area contributed by atoms with Crippen LogP contribution in [0.15, 0.2) is 50.9 Å². The van der Waals surface area contributed by atoms with Gasteiger partial charge in [0.15, 0.2) is 16.7 Å². The van der Waals surface area contributed by atoms with Gasteiger partial charge in [-0.1, -0.05) is 16.9 Å². The van der Waals surface area contributed by atoms with Gasteiger partial charge in [-0.2, -0.15) is 4.98 Å². The SMILES string of the molecule is CC(C)Oc1ccc(-c2noc(CSc3nc4cc5c(cc4c(=O)n3C)OCO5)n2)cc1. The quantitative estimate of drug-likeness (QED) is 0.319. The summed E-state index contributed by atoms with van der Waals surface area (Å²) in [6.07, 6.45) is 0.108. The molecule has 3 heterocycles. The molecule has 0 bridgehead atoms. The van der Waals surface area contributed by atoms with E-state index in [1.54, 1.807) is 19.2 Å². The average molecular weight is 452 g/mol. The summed E-state index contributed by atoms with van der Waals surface area (Å²) in [4.78, 5) is 21.9. The Balaban J connectivity index is 1.34. The van der Waals surface area contributed by atoms with Crippen molar-refractivity contribution in [1.82, 2.24) is 19.7 Å². The molecular formula is C22H20N4O5S. The van der Waals surface area contributed by atoms with Crippen LogP contribution in [-0.4, -0.2) is 32.6 Å². The number of benzene rings is 2. The highest BCUT2D eigenvalue weighted by Crippen LogP contribution is 2.35. The summed E-state index contributed by atoms with van der Waals surface area (Å²) in [5.41, 5.74) is 1.22. The maximum atomic E-state index is 12.8. The smallest absolute Gasteiger partial charge is 0.261 e. The van der Waals surface area contributed by atoms with Crippen LogP contribution >= 0.6 is 11.8 Å². The predicted octanol–water partition coefficient (Wildman–Crippen LogP) is 3.79. The zero-order chi connectivity index (χ0) is 22.2. The summed E-state index contributed by atoms with van der Waals surface area (Å²) in [5, 5.41) is 5.08. The Kier molecular flexibility index (Phi) is 5.22. The maximum Gasteiger partial charge on any atom is 0.261 e. The van der Waals surface area contributed by atoms with E-state index in [-0.39, 0.29) is 18.5 Å². The summed E-state index contributed by atoms with van der Waals surface area (Å²) in [5.74, 6) is 3.23. The molecule has 0 amide bonds. The first-order chi connectivity index (χ1) is 15.5. The van der Waals surface area contributed by atoms with Crippen molar-refractivity contribution in [1.29, 1.82) is 0 Å². The summed E-state index contributed by atoms with van der Waals surface area (Å²) in [7, 11) is 1.68. The van der Waals surface area contributed by atoms with Gasteiger partial charge >= 0.3 is 0 Å². The fraction of sp³-hybridized carbons (Fsp3) is 0.273. The number of nitrogens with zero attached hydrogens (tertiary/aromatic N) is 4. The van der Waals surface area contributed by atoms with E-state index in [0.29, 0.717) is 45.0 Å². The third-order valence-corrected chi connectivity index (χ3v) is 5.82. The monoisotopic (exact) mass is 452 g/mol. The van der Waals surface area contributed by atoms with Gasteiger partial charge in [0.2, 0.25) is 18.5 Å². The van der Waals surface area contributed by atoms with Crippen LogP contribution < -0.4 is 19.8 Å². The Morgan fingerprint density at radius 2 is 1.88 bits per heavy atom. The molecule has 0 saturated heterocycles. The molecule has 10 heteroatoms. The molecule has 0 unspecified atom stereocenters. The van der Waals surface area contributed by atoms with Gasteiger partial charge in [-0.15, -0.1) is 0 Å². The van der Waals surface area contributed by atoms with E-state index < -0.39 is 0 Å². The molecule has 0 radical (unpaired) electrons. The van der Waals surface area contributed by atoms with Gasteiger partial charge in [-0.3, -0.25) is 9.36 Å². The van der Waals surface area contributed by atoms with Crippen molar-refractivity contribution in [3.05, 3.63) is 52.6 Å². The molecule has 2 aromatic carbocycles. The highest BCUT2D eigenvalue weighted by Gasteiger charge is 2.19. The lowest BCUT2D eigenvalue weighted by molar-refractivity contribution is 0.174. The van der Waals surface area contributed by atoms with E-state index in [1.165, 1.54) is 16.3 Å². The van der Waals surface area contributed by atoms with Crippen molar-refractivity contribution in [3.63, 3.8) is 0 Å². The van der Waals surface area contributed by atoms with Crippen molar-refractivity contribution >= 4 is 22.7 Å². The van der Waals surface area contributed by atoms with Gasteiger partial charge in [0.25, 0.3) is 5.56 Å². The van der Waals surface area contributed by atoms with Gasteiger partial charge in [0.05, 0.1) is 22.8 Å². The molecule has 0 spiro atoms. The predicted molar refractivity (Wildman–Crippen MR) is 118 cm³/mol. The minimum atomic E-state index is -0.161. The van der Waals surface area contributed by atoms with Crippen LogP contribution in [0.5, 0.6) is 17.2 Å². The molecule has 1 aliphatic heterocycles. The Bertz CT molecular complexity index is 1350. The van der Waals surface area contributed by atoms with Gasteiger partial charge < -0.3 is 18.7 Å². The van der Waals surface area contributed by atoms with E-state index in [0.717, 1.165) is 11.3 Å². The lowest BCUT2D eigenvalue weighted by Gasteiger charge is -2.09. The zero-order valence-corrected chi connectivity index (χ0v) is 18.5. The largest absolute Gasteiger partial charge is 0.491 e. The van der Waals surface area contributed by atoms with Crippen LogP contribution in [-0.2, 0) is 12.8 Å². The molecule has 0 aliphatic carbocycles. The second-order valence-corrected chi connectivity index (χ2v) is 8.42. The van der Waals surface area contributed by atoms with E-state index >= 15 is 0 Å². The number of ether oxygens (including phenoxy) is 3. The molecule has 0 fully saturated rings. The average Bonchev–Trinajstić information content (AvgIpc) is 3.43. The number of fused-ring (bicyclic) bond motifs is 2. The Morgan fingerprint density at radius 1 is 1.12 bits per heavy atom. The number of hydrogen-bond acceptors (Lipinski definition) is 9. The Morgan fingerprint density at radius 3 is 2.62 bits per heavy atom. The number of thioether (sulfide) groups is 1. The lowest BCUT2D eigenvalue weighted by Crippen LogP contribution is -2.20. The third kappa shape index (κ3) is 3.89. The van der Waals surface area contributed by atoms with Gasteiger partial charge in [0, 0.05) is 18.7 Å². The van der Waals surface area contributed by atoms with Crippen molar-refractivity contribution in [2.24, 2.45) is 7.05 Å². The van der Waals surface area contributed by atoms with Crippen molar-refractivity contribution in [3.8, 4) is 28.6 Å². The normalized spacial score (nSPS) is 12.6. The van der Waals surface area contributed by atoms with Gasteiger partial charge in [-0.25, -0.2) is 4.98 Å². The first kappa shape index (κ1) is 20.4. The molecule has 1 aliphatic rings. The molecule has 0 N–H and O–H groups in total. The first-order valence-corrected chi connectivity index (χ1v) is 11.0. The minimum Gasteiger partial charge on any atom is -0.491 e. The first-order valence-electron chi connectivity index (χ1n) is 10.0. The summed E-state index contributed by atoms with van der Waals surface area (Å²) in [6.45, 7) is 4.10. The highest BCUT2D eigenvalue weighted by molar-refractivity contribution is 7.98. The Hall–Kier alpha value is -3.53. The topological polar surface area (TPSA) is 102 Å². The molecule has 5 rings (SSSR count). The van der Waals surface area contributed by atoms with Gasteiger partial charge in [-0.05, 0) is 44.2 Å². The zero-order valence-electron chi connectivity index (χ0n) is 17.7. The summed E-state index contributed by atoms with van der Waals surface area (Å²) in [6, 6.07) is 10.9. The third-order valence-electron chi connectivity index (χ3n) is 4.81. The van der Waals surface area contributed by atoms with Crippen LogP contribution in [0.25, 0.3) is 22.3 Å². The van der Waals surface area contributed by atoms with Gasteiger partial charge in [0.1, 0.15) is 5.75 Å². The molecule has 0 saturated carbocycles. The summed E-state index contributed by atoms with van der Waals surface area (Å²) < 4.78 is 23.3. The van der Waals surface area contributed by atoms with E-state index in [4.69, 9.17) is 18.7 Å². The molecule has 4 aromatic rings. The van der Waals surface area contributed by atoms with Crippen molar-refractivity contribution < 1.29 is 18.7 Å². The molecule has 0 atom stereocenters. The lowest BCUT2D eigenvalue weighted by atomic mass is 10.2.